The lowest BCUT2D eigenvalue weighted by molar-refractivity contribution is 0.0542. The number of anilines is 1. The van der Waals surface area contributed by atoms with Crippen LogP contribution in [0.1, 0.15) is 19.3 Å². The molecule has 1 saturated heterocycles. The average molecular weight is 320 g/mol. The van der Waals surface area contributed by atoms with Gasteiger partial charge in [0.1, 0.15) is 11.5 Å². The second-order valence-corrected chi connectivity index (χ2v) is 6.13. The molecule has 6 heteroatoms. The quantitative estimate of drug-likeness (QED) is 0.875. The van der Waals surface area contributed by atoms with Crippen LogP contribution in [0.3, 0.4) is 0 Å². The number of methoxy groups -OCH3 is 2. The number of hydrogen-bond donors (Lipinski definition) is 1. The fourth-order valence-corrected chi connectivity index (χ4v) is 2.70. The zero-order valence-corrected chi connectivity index (χ0v) is 13.7. The second kappa shape index (κ2) is 7.08. The van der Waals surface area contributed by atoms with Crippen molar-refractivity contribution in [1.29, 1.82) is 0 Å². The van der Waals surface area contributed by atoms with E-state index in [0.717, 1.165) is 25.5 Å². The molecule has 2 amide bonds. The maximum Gasteiger partial charge on any atom is 0.322 e. The van der Waals surface area contributed by atoms with Crippen molar-refractivity contribution in [2.45, 2.75) is 25.4 Å². The van der Waals surface area contributed by atoms with E-state index in [0.29, 0.717) is 23.7 Å². The molecule has 1 N–H and O–H groups in total. The van der Waals surface area contributed by atoms with Crippen molar-refractivity contribution in [3.8, 4) is 11.5 Å². The third-order valence-electron chi connectivity index (χ3n) is 4.35. The first-order valence-electron chi connectivity index (χ1n) is 8.09. The minimum absolute atomic E-state index is 0.119. The Balaban J connectivity index is 1.54. The van der Waals surface area contributed by atoms with Gasteiger partial charge in [-0.15, -0.1) is 0 Å². The van der Waals surface area contributed by atoms with Crippen LogP contribution >= 0.6 is 0 Å². The fraction of sp³-hybridized carbons (Fsp3) is 0.588. The molecule has 0 spiro atoms. The molecule has 2 fully saturated rings. The molecule has 1 aliphatic heterocycles. The normalized spacial score (nSPS) is 20.4. The summed E-state index contributed by atoms with van der Waals surface area (Å²) in [5.74, 6) is 2.02. The topological polar surface area (TPSA) is 60.0 Å². The molecule has 1 atom stereocenters. The van der Waals surface area contributed by atoms with Crippen molar-refractivity contribution < 1.29 is 19.0 Å². The van der Waals surface area contributed by atoms with Gasteiger partial charge in [0.15, 0.2) is 0 Å². The Bertz CT molecular complexity index is 560. The van der Waals surface area contributed by atoms with E-state index in [1.165, 1.54) is 12.8 Å². The summed E-state index contributed by atoms with van der Waals surface area (Å²) in [6.07, 6.45) is 3.64. The van der Waals surface area contributed by atoms with Crippen LogP contribution in [0, 0.1) is 5.92 Å². The van der Waals surface area contributed by atoms with Gasteiger partial charge in [0.05, 0.1) is 26.0 Å². The van der Waals surface area contributed by atoms with Crippen LogP contribution in [0.5, 0.6) is 11.5 Å². The lowest BCUT2D eigenvalue weighted by Crippen LogP contribution is -2.34. The van der Waals surface area contributed by atoms with Gasteiger partial charge in [-0.2, -0.15) is 0 Å². The molecule has 1 aromatic carbocycles. The molecular weight excluding hydrogens is 296 g/mol. The van der Waals surface area contributed by atoms with Crippen molar-refractivity contribution in [3.63, 3.8) is 0 Å². The number of benzene rings is 1. The number of urea groups is 1. The predicted molar refractivity (Wildman–Crippen MR) is 87.2 cm³/mol. The molecule has 1 aromatic rings. The highest BCUT2D eigenvalue weighted by Gasteiger charge is 2.29. The first-order valence-corrected chi connectivity index (χ1v) is 8.09. The molecule has 126 valence electrons. The van der Waals surface area contributed by atoms with E-state index in [9.17, 15) is 4.79 Å². The number of likely N-dealkylation sites (tertiary alicyclic amines) is 1. The third kappa shape index (κ3) is 4.07. The molecule has 6 nitrogen and oxygen atoms in total. The molecule has 0 radical (unpaired) electrons. The summed E-state index contributed by atoms with van der Waals surface area (Å²) in [5.41, 5.74) is 0.639. The zero-order chi connectivity index (χ0) is 16.2. The van der Waals surface area contributed by atoms with E-state index in [-0.39, 0.29) is 12.1 Å². The number of ether oxygens (including phenoxy) is 3. The van der Waals surface area contributed by atoms with Gasteiger partial charge < -0.3 is 24.4 Å². The van der Waals surface area contributed by atoms with Gasteiger partial charge in [0, 0.05) is 25.8 Å². The average Bonchev–Trinajstić information content (AvgIpc) is 3.29. The van der Waals surface area contributed by atoms with Gasteiger partial charge in [0.2, 0.25) is 0 Å². The number of nitrogens with zero attached hydrogens (tertiary/aromatic N) is 1. The number of rotatable bonds is 6. The fourth-order valence-electron chi connectivity index (χ4n) is 2.70. The Morgan fingerprint density at radius 3 is 2.78 bits per heavy atom. The van der Waals surface area contributed by atoms with Crippen molar-refractivity contribution >= 4 is 11.7 Å². The molecular formula is C17H24N2O4. The zero-order valence-electron chi connectivity index (χ0n) is 13.7. The van der Waals surface area contributed by atoms with E-state index in [4.69, 9.17) is 14.2 Å². The number of nitrogens with one attached hydrogen (secondary N) is 1. The van der Waals surface area contributed by atoms with Gasteiger partial charge in [-0.1, -0.05) is 0 Å². The molecule has 2 aliphatic rings. The molecule has 23 heavy (non-hydrogen) atoms. The van der Waals surface area contributed by atoms with Crippen LogP contribution < -0.4 is 14.8 Å². The van der Waals surface area contributed by atoms with Gasteiger partial charge in [-0.05, 0) is 37.3 Å². The van der Waals surface area contributed by atoms with Crippen molar-refractivity contribution in [3.05, 3.63) is 18.2 Å². The Kier molecular flexibility index (Phi) is 4.91. The van der Waals surface area contributed by atoms with Crippen LogP contribution in [0.25, 0.3) is 0 Å². The van der Waals surface area contributed by atoms with Crippen molar-refractivity contribution in [2.75, 3.05) is 39.2 Å². The van der Waals surface area contributed by atoms with E-state index in [1.54, 1.807) is 37.3 Å². The molecule has 0 aromatic heterocycles. The Hall–Kier alpha value is -1.95. The van der Waals surface area contributed by atoms with Crippen LogP contribution in [0.4, 0.5) is 10.5 Å². The first kappa shape index (κ1) is 15.9. The van der Waals surface area contributed by atoms with E-state index in [1.807, 2.05) is 0 Å². The summed E-state index contributed by atoms with van der Waals surface area (Å²) in [4.78, 5) is 14.2. The monoisotopic (exact) mass is 320 g/mol. The van der Waals surface area contributed by atoms with Gasteiger partial charge in [0.25, 0.3) is 0 Å². The molecule has 3 rings (SSSR count). The molecule has 1 aliphatic carbocycles. The Morgan fingerprint density at radius 2 is 2.09 bits per heavy atom. The minimum Gasteiger partial charge on any atom is -0.497 e. The van der Waals surface area contributed by atoms with E-state index < -0.39 is 0 Å². The Morgan fingerprint density at radius 1 is 1.26 bits per heavy atom. The number of carbonyl (C=O) groups is 1. The number of carbonyl (C=O) groups excluding carboxylic acids is 1. The highest BCUT2D eigenvalue weighted by Crippen LogP contribution is 2.31. The van der Waals surface area contributed by atoms with Crippen molar-refractivity contribution in [1.82, 2.24) is 4.90 Å². The standard InChI is InChI=1S/C17H24N2O4/c1-21-13-5-6-15(16(9-13)22-2)18-17(20)19-8-7-14(10-19)23-11-12-3-4-12/h5-6,9,12,14H,3-4,7-8,10-11H2,1-2H3,(H,18,20). The maximum atomic E-state index is 12.4. The summed E-state index contributed by atoms with van der Waals surface area (Å²) in [6, 6.07) is 5.21. The summed E-state index contributed by atoms with van der Waals surface area (Å²) in [6.45, 7) is 2.21. The highest BCUT2D eigenvalue weighted by atomic mass is 16.5. The summed E-state index contributed by atoms with van der Waals surface area (Å²) < 4.78 is 16.3. The summed E-state index contributed by atoms with van der Waals surface area (Å²) >= 11 is 0. The van der Waals surface area contributed by atoms with E-state index in [2.05, 4.69) is 5.32 Å². The second-order valence-electron chi connectivity index (χ2n) is 6.13. The lowest BCUT2D eigenvalue weighted by atomic mass is 10.2. The Labute approximate surface area is 136 Å². The highest BCUT2D eigenvalue weighted by molar-refractivity contribution is 5.91. The molecule has 1 heterocycles. The van der Waals surface area contributed by atoms with Crippen LogP contribution in [0.15, 0.2) is 18.2 Å². The molecule has 0 bridgehead atoms. The number of amides is 2. The third-order valence-corrected chi connectivity index (χ3v) is 4.35. The molecule has 1 saturated carbocycles. The minimum atomic E-state index is -0.119. The SMILES string of the molecule is COc1ccc(NC(=O)N2CCC(OCC3CC3)C2)c(OC)c1. The van der Waals surface area contributed by atoms with Gasteiger partial charge in [-0.25, -0.2) is 4.79 Å². The van der Waals surface area contributed by atoms with Crippen LogP contribution in [-0.2, 0) is 4.74 Å². The van der Waals surface area contributed by atoms with E-state index >= 15 is 0 Å². The first-order chi connectivity index (χ1) is 11.2. The summed E-state index contributed by atoms with van der Waals surface area (Å²) in [5, 5.41) is 2.90. The van der Waals surface area contributed by atoms with Gasteiger partial charge in [-0.3, -0.25) is 0 Å². The largest absolute Gasteiger partial charge is 0.497 e. The smallest absolute Gasteiger partial charge is 0.322 e. The van der Waals surface area contributed by atoms with Crippen LogP contribution in [-0.4, -0.2) is 51.0 Å². The lowest BCUT2D eigenvalue weighted by Gasteiger charge is -2.19. The predicted octanol–water partition coefficient (Wildman–Crippen LogP) is 2.74. The maximum absolute atomic E-state index is 12.4. The van der Waals surface area contributed by atoms with Gasteiger partial charge >= 0.3 is 6.03 Å². The summed E-state index contributed by atoms with van der Waals surface area (Å²) in [7, 11) is 3.17. The molecule has 1 unspecified atom stereocenters. The van der Waals surface area contributed by atoms with Crippen LogP contribution in [0.2, 0.25) is 0 Å². The van der Waals surface area contributed by atoms with Crippen molar-refractivity contribution in [2.24, 2.45) is 5.92 Å². The number of hydrogen-bond acceptors (Lipinski definition) is 4.